The van der Waals surface area contributed by atoms with E-state index in [0.29, 0.717) is 28.8 Å². The van der Waals surface area contributed by atoms with E-state index in [1.54, 1.807) is 26.4 Å². The molecule has 6 rings (SSSR count). The maximum atomic E-state index is 14.2. The highest BCUT2D eigenvalue weighted by Crippen LogP contribution is 2.44. The fourth-order valence-corrected chi connectivity index (χ4v) is 7.01. The van der Waals surface area contributed by atoms with Gasteiger partial charge in [-0.25, -0.2) is 4.79 Å². The number of likely N-dealkylation sites (N-methyl/N-ethyl adjacent to an activating group) is 1. The number of fused-ring (bicyclic) bond motifs is 5. The van der Waals surface area contributed by atoms with E-state index >= 15 is 0 Å². The second-order valence-electron chi connectivity index (χ2n) is 9.66. The minimum Gasteiger partial charge on any atom is -0.497 e. The van der Waals surface area contributed by atoms with Gasteiger partial charge < -0.3 is 29.2 Å². The lowest BCUT2D eigenvalue weighted by Crippen LogP contribution is -2.38. The summed E-state index contributed by atoms with van der Waals surface area (Å²) < 4.78 is 13.2. The fraction of sp³-hybridized carbons (Fsp3) is 0.276. The molecule has 2 amide bonds. The summed E-state index contributed by atoms with van der Waals surface area (Å²) in [6, 6.07) is 16.8. The van der Waals surface area contributed by atoms with Gasteiger partial charge in [0.05, 0.1) is 38.2 Å². The normalized spacial score (nSPS) is 16.7. The van der Waals surface area contributed by atoms with Crippen LogP contribution in [-0.4, -0.2) is 48.2 Å². The number of amides is 2. The number of nitrogens with one attached hydrogen (secondary N) is 1. The van der Waals surface area contributed by atoms with Gasteiger partial charge in [-0.1, -0.05) is 23.7 Å². The van der Waals surface area contributed by atoms with Crippen LogP contribution in [0.15, 0.2) is 60.8 Å². The van der Waals surface area contributed by atoms with Gasteiger partial charge >= 0.3 is 6.03 Å². The molecule has 1 atom stereocenters. The second kappa shape index (κ2) is 10.0. The molecule has 0 saturated carbocycles. The van der Waals surface area contributed by atoms with Crippen molar-refractivity contribution in [2.45, 2.75) is 25.6 Å². The van der Waals surface area contributed by atoms with Gasteiger partial charge in [0.15, 0.2) is 0 Å². The zero-order valence-electron chi connectivity index (χ0n) is 21.5. The highest BCUT2D eigenvalue weighted by Gasteiger charge is 2.36. The van der Waals surface area contributed by atoms with Crippen molar-refractivity contribution >= 4 is 34.7 Å². The Kier molecular flexibility index (Phi) is 6.55. The number of anilines is 1. The Morgan fingerprint density at radius 1 is 1.05 bits per heavy atom. The lowest BCUT2D eigenvalue weighted by Gasteiger charge is -2.32. The van der Waals surface area contributed by atoms with Crippen molar-refractivity contribution in [3.8, 4) is 16.5 Å². The first-order valence-electron chi connectivity index (χ1n) is 12.5. The Bertz CT molecular complexity index is 1500. The van der Waals surface area contributed by atoms with Crippen molar-refractivity contribution in [1.82, 2.24) is 14.4 Å². The summed E-state index contributed by atoms with van der Waals surface area (Å²) in [6.45, 7) is 2.41. The van der Waals surface area contributed by atoms with Gasteiger partial charge in [0, 0.05) is 40.8 Å². The number of carbonyl (C=O) groups excluding carboxylic acids is 1. The predicted molar refractivity (Wildman–Crippen MR) is 151 cm³/mol. The molecule has 2 aromatic carbocycles. The molecule has 2 aromatic heterocycles. The first-order valence-corrected chi connectivity index (χ1v) is 13.7. The molecule has 38 heavy (non-hydrogen) atoms. The number of hydrogen-bond acceptors (Lipinski definition) is 5. The Hall–Kier alpha value is -3.46. The summed E-state index contributed by atoms with van der Waals surface area (Å²) in [7, 11) is 5.35. The molecular formula is C29H29ClN4O3S. The summed E-state index contributed by atoms with van der Waals surface area (Å²) in [4.78, 5) is 19.9. The number of rotatable bonds is 4. The van der Waals surface area contributed by atoms with Gasteiger partial charge in [0.2, 0.25) is 0 Å². The topological polar surface area (TPSA) is 59.0 Å². The zero-order chi connectivity index (χ0) is 26.4. The van der Waals surface area contributed by atoms with Gasteiger partial charge in [0.1, 0.15) is 16.5 Å². The molecule has 0 radical (unpaired) electrons. The molecule has 7 nitrogen and oxygen atoms in total. The Morgan fingerprint density at radius 3 is 2.63 bits per heavy atom. The molecule has 0 fully saturated rings. The van der Waals surface area contributed by atoms with E-state index in [0.717, 1.165) is 30.8 Å². The number of aromatic nitrogens is 1. The first-order chi connectivity index (χ1) is 18.5. The third-order valence-electron chi connectivity index (χ3n) is 7.35. The van der Waals surface area contributed by atoms with Gasteiger partial charge in [-0.2, -0.15) is 0 Å². The van der Waals surface area contributed by atoms with Crippen LogP contribution >= 0.6 is 22.9 Å². The van der Waals surface area contributed by atoms with Crippen LogP contribution in [-0.2, 0) is 19.5 Å². The van der Waals surface area contributed by atoms with Crippen molar-refractivity contribution < 1.29 is 14.3 Å². The number of carbonyl (C=O) groups is 1. The largest absolute Gasteiger partial charge is 0.497 e. The van der Waals surface area contributed by atoms with E-state index in [9.17, 15) is 4.79 Å². The second-order valence-corrected chi connectivity index (χ2v) is 11.2. The van der Waals surface area contributed by atoms with E-state index in [4.69, 9.17) is 21.1 Å². The third-order valence-corrected chi connectivity index (χ3v) is 8.86. The van der Waals surface area contributed by atoms with Crippen LogP contribution in [0.25, 0.3) is 5.00 Å². The molecule has 0 bridgehead atoms. The molecule has 9 heteroatoms. The van der Waals surface area contributed by atoms with Crippen LogP contribution in [0.3, 0.4) is 0 Å². The van der Waals surface area contributed by atoms with Crippen molar-refractivity contribution in [2.24, 2.45) is 0 Å². The minimum atomic E-state index is -0.319. The quantitative estimate of drug-likeness (QED) is 0.323. The van der Waals surface area contributed by atoms with Crippen LogP contribution in [0.1, 0.15) is 33.3 Å². The number of benzene rings is 2. The van der Waals surface area contributed by atoms with E-state index in [1.165, 1.54) is 21.0 Å². The number of nitrogens with zero attached hydrogens (tertiary/aromatic N) is 3. The average molecular weight is 549 g/mol. The predicted octanol–water partition coefficient (Wildman–Crippen LogP) is 6.33. The van der Waals surface area contributed by atoms with Crippen LogP contribution < -0.4 is 14.8 Å². The van der Waals surface area contributed by atoms with Crippen LogP contribution in [0.4, 0.5) is 10.5 Å². The van der Waals surface area contributed by atoms with Crippen molar-refractivity contribution in [1.29, 1.82) is 0 Å². The van der Waals surface area contributed by atoms with Gasteiger partial charge in [-0.05, 0) is 61.0 Å². The van der Waals surface area contributed by atoms with E-state index in [1.807, 2.05) is 46.6 Å². The summed E-state index contributed by atoms with van der Waals surface area (Å²) in [6.07, 6.45) is 3.08. The lowest BCUT2D eigenvalue weighted by atomic mass is 10.0. The van der Waals surface area contributed by atoms with Crippen LogP contribution in [0.2, 0.25) is 5.02 Å². The van der Waals surface area contributed by atoms with Crippen LogP contribution in [0.5, 0.6) is 11.5 Å². The van der Waals surface area contributed by atoms with Crippen molar-refractivity contribution in [3.05, 3.63) is 93.1 Å². The number of ether oxygens (including phenoxy) is 2. The maximum absolute atomic E-state index is 14.2. The molecule has 0 aliphatic carbocycles. The third kappa shape index (κ3) is 4.32. The van der Waals surface area contributed by atoms with E-state index < -0.39 is 0 Å². The smallest absolute Gasteiger partial charge is 0.323 e. The Balaban J connectivity index is 1.48. The van der Waals surface area contributed by atoms with Gasteiger partial charge in [-0.15, -0.1) is 11.3 Å². The molecule has 0 unspecified atom stereocenters. The number of hydrogen-bond donors (Lipinski definition) is 1. The van der Waals surface area contributed by atoms with Crippen LogP contribution in [0, 0.1) is 0 Å². The van der Waals surface area contributed by atoms with Crippen molar-refractivity contribution in [2.75, 3.05) is 33.1 Å². The highest BCUT2D eigenvalue weighted by molar-refractivity contribution is 7.15. The molecule has 4 heterocycles. The highest BCUT2D eigenvalue weighted by atomic mass is 35.5. The number of methoxy groups -OCH3 is 2. The van der Waals surface area contributed by atoms with Crippen molar-refractivity contribution in [3.63, 3.8) is 0 Å². The van der Waals surface area contributed by atoms with E-state index in [2.05, 4.69) is 40.2 Å². The lowest BCUT2D eigenvalue weighted by molar-refractivity contribution is 0.194. The van der Waals surface area contributed by atoms with Gasteiger partial charge in [-0.3, -0.25) is 0 Å². The SMILES string of the molecule is COc1ccc(OC)c(NC(=O)N2Cc3c(sc4c3CCN(C)C4)-n3cccc3[C@@H]2c2ccc(Cl)cc2)c1. The summed E-state index contributed by atoms with van der Waals surface area (Å²) in [5, 5.41) is 4.97. The molecule has 1 N–H and O–H groups in total. The molecule has 0 saturated heterocycles. The zero-order valence-corrected chi connectivity index (χ0v) is 23.1. The molecule has 196 valence electrons. The number of halogens is 1. The number of urea groups is 1. The summed E-state index contributed by atoms with van der Waals surface area (Å²) in [5.74, 6) is 1.20. The molecule has 2 aliphatic rings. The van der Waals surface area contributed by atoms with E-state index in [-0.39, 0.29) is 12.1 Å². The molecular weight excluding hydrogens is 520 g/mol. The average Bonchev–Trinajstić information content (AvgIpc) is 3.50. The minimum absolute atomic E-state index is 0.218. The molecule has 2 aliphatic heterocycles. The fourth-order valence-electron chi connectivity index (χ4n) is 5.45. The monoisotopic (exact) mass is 548 g/mol. The number of thiophene rings is 1. The standard InChI is InChI=1S/C29H29ClN4O3S/c1-32-14-12-21-22-16-34(29(35)31-23-15-20(36-2)10-11-25(23)37-3)27(18-6-8-19(30)9-7-18)24-5-4-13-33(24)28(22)38-26(21)17-32/h4-11,13,15,27H,12,14,16-17H2,1-3H3,(H,31,35)/t27-/m0/s1. The summed E-state index contributed by atoms with van der Waals surface area (Å²) >= 11 is 8.09. The Morgan fingerprint density at radius 2 is 1.87 bits per heavy atom. The van der Waals surface area contributed by atoms with Gasteiger partial charge in [0.25, 0.3) is 0 Å². The first kappa shape index (κ1) is 24.9. The molecule has 0 spiro atoms. The molecule has 4 aromatic rings. The Labute approximate surface area is 231 Å². The maximum Gasteiger partial charge on any atom is 0.323 e. The summed E-state index contributed by atoms with van der Waals surface area (Å²) in [5.41, 5.74) is 5.17.